The summed E-state index contributed by atoms with van der Waals surface area (Å²) >= 11 is 0. The molecule has 0 unspecified atom stereocenters. The Morgan fingerprint density at radius 2 is 1.90 bits per heavy atom. The van der Waals surface area contributed by atoms with Crippen molar-refractivity contribution in [3.8, 4) is 22.8 Å². The second-order valence-corrected chi connectivity index (χ2v) is 4.78. The van der Waals surface area contributed by atoms with E-state index in [2.05, 4.69) is 4.98 Å². The smallest absolute Gasteiger partial charge is 0.374 e. The van der Waals surface area contributed by atoms with E-state index in [9.17, 15) is 4.79 Å². The number of ether oxygens (including phenoxy) is 2. The van der Waals surface area contributed by atoms with Crippen LogP contribution >= 0.6 is 0 Å². The second kappa shape index (κ2) is 5.87. The molecule has 2 aromatic rings. The predicted molar refractivity (Wildman–Crippen MR) is 76.1 cm³/mol. The highest BCUT2D eigenvalue weighted by Gasteiger charge is 2.23. The van der Waals surface area contributed by atoms with Gasteiger partial charge < -0.3 is 19.0 Å². The SMILES string of the molecule is COc1cc(OC)c(C(C)C)cc1-c1ncoc1C(=O)O. The zero-order chi connectivity index (χ0) is 15.6. The quantitative estimate of drug-likeness (QED) is 0.911. The molecule has 0 aliphatic carbocycles. The minimum Gasteiger partial charge on any atom is -0.496 e. The number of carboxylic acids is 1. The lowest BCUT2D eigenvalue weighted by Gasteiger charge is -2.16. The molecule has 0 spiro atoms. The van der Waals surface area contributed by atoms with E-state index in [4.69, 9.17) is 19.0 Å². The molecule has 0 saturated carbocycles. The lowest BCUT2D eigenvalue weighted by molar-refractivity contribution is 0.0663. The van der Waals surface area contributed by atoms with Gasteiger partial charge in [0.1, 0.15) is 17.2 Å². The van der Waals surface area contributed by atoms with Crippen LogP contribution in [0.25, 0.3) is 11.3 Å². The molecule has 21 heavy (non-hydrogen) atoms. The van der Waals surface area contributed by atoms with Crippen LogP contribution in [0.5, 0.6) is 11.5 Å². The fourth-order valence-electron chi connectivity index (χ4n) is 2.15. The number of nitrogens with zero attached hydrogens (tertiary/aromatic N) is 1. The maximum atomic E-state index is 11.2. The topological polar surface area (TPSA) is 81.8 Å². The van der Waals surface area contributed by atoms with Crippen molar-refractivity contribution in [2.75, 3.05) is 14.2 Å². The molecule has 1 aromatic heterocycles. The van der Waals surface area contributed by atoms with Gasteiger partial charge >= 0.3 is 5.97 Å². The summed E-state index contributed by atoms with van der Waals surface area (Å²) in [6.07, 6.45) is 1.11. The number of carbonyl (C=O) groups is 1. The van der Waals surface area contributed by atoms with Crippen LogP contribution in [0.1, 0.15) is 35.9 Å². The summed E-state index contributed by atoms with van der Waals surface area (Å²) in [5, 5.41) is 9.16. The lowest BCUT2D eigenvalue weighted by atomic mass is 9.97. The van der Waals surface area contributed by atoms with Crippen molar-refractivity contribution < 1.29 is 23.8 Å². The molecule has 1 heterocycles. The van der Waals surface area contributed by atoms with Gasteiger partial charge in [-0.05, 0) is 17.5 Å². The van der Waals surface area contributed by atoms with Crippen molar-refractivity contribution in [1.82, 2.24) is 4.98 Å². The van der Waals surface area contributed by atoms with Gasteiger partial charge in [0.05, 0.1) is 14.2 Å². The maximum Gasteiger partial charge on any atom is 0.374 e. The van der Waals surface area contributed by atoms with Crippen molar-refractivity contribution in [2.24, 2.45) is 0 Å². The largest absolute Gasteiger partial charge is 0.496 e. The molecule has 0 atom stereocenters. The van der Waals surface area contributed by atoms with E-state index in [1.54, 1.807) is 13.2 Å². The van der Waals surface area contributed by atoms with Crippen LogP contribution in [0.2, 0.25) is 0 Å². The predicted octanol–water partition coefficient (Wildman–Crippen LogP) is 3.18. The van der Waals surface area contributed by atoms with E-state index in [-0.39, 0.29) is 17.4 Å². The Hall–Kier alpha value is -2.50. The Morgan fingerprint density at radius 3 is 2.43 bits per heavy atom. The third-order valence-corrected chi connectivity index (χ3v) is 3.19. The average Bonchev–Trinajstić information content (AvgIpc) is 2.94. The highest BCUT2D eigenvalue weighted by Crippen LogP contribution is 2.39. The molecule has 0 aliphatic rings. The van der Waals surface area contributed by atoms with Gasteiger partial charge in [0, 0.05) is 11.6 Å². The first-order valence-electron chi connectivity index (χ1n) is 6.42. The minimum absolute atomic E-state index is 0.199. The number of rotatable bonds is 5. The molecular formula is C15H17NO5. The van der Waals surface area contributed by atoms with E-state index in [1.807, 2.05) is 19.9 Å². The number of aromatic nitrogens is 1. The van der Waals surface area contributed by atoms with Crippen LogP contribution in [-0.2, 0) is 0 Å². The molecule has 0 bridgehead atoms. The number of aromatic carboxylic acids is 1. The Labute approximate surface area is 122 Å². The first-order chi connectivity index (χ1) is 9.99. The van der Waals surface area contributed by atoms with Gasteiger partial charge in [-0.1, -0.05) is 13.8 Å². The van der Waals surface area contributed by atoms with Gasteiger partial charge in [-0.3, -0.25) is 0 Å². The molecule has 6 heteroatoms. The van der Waals surface area contributed by atoms with Crippen molar-refractivity contribution >= 4 is 5.97 Å². The Bertz CT molecular complexity index is 660. The first kappa shape index (κ1) is 14.9. The molecule has 0 aliphatic heterocycles. The van der Waals surface area contributed by atoms with Crippen molar-refractivity contribution in [1.29, 1.82) is 0 Å². The summed E-state index contributed by atoms with van der Waals surface area (Å²) in [5.41, 5.74) is 1.74. The third kappa shape index (κ3) is 2.69. The van der Waals surface area contributed by atoms with E-state index in [0.717, 1.165) is 12.0 Å². The van der Waals surface area contributed by atoms with E-state index in [0.29, 0.717) is 17.1 Å². The summed E-state index contributed by atoms with van der Waals surface area (Å²) in [6, 6.07) is 3.55. The number of oxazole rings is 1. The lowest BCUT2D eigenvalue weighted by Crippen LogP contribution is -2.01. The number of hydrogen-bond donors (Lipinski definition) is 1. The summed E-state index contributed by atoms with van der Waals surface area (Å²) < 4.78 is 15.6. The third-order valence-electron chi connectivity index (χ3n) is 3.19. The summed E-state index contributed by atoms with van der Waals surface area (Å²) in [4.78, 5) is 15.2. The molecule has 0 saturated heterocycles. The highest BCUT2D eigenvalue weighted by atomic mass is 16.5. The van der Waals surface area contributed by atoms with Gasteiger partial charge in [-0.2, -0.15) is 0 Å². The van der Waals surface area contributed by atoms with Crippen LogP contribution in [0.15, 0.2) is 22.9 Å². The van der Waals surface area contributed by atoms with Gasteiger partial charge in [0.15, 0.2) is 6.39 Å². The molecule has 0 radical (unpaired) electrons. The van der Waals surface area contributed by atoms with Crippen molar-refractivity contribution in [2.45, 2.75) is 19.8 Å². The standard InChI is InChI=1S/C15H17NO5/c1-8(2)9-5-10(12(20-4)6-11(9)19-3)13-14(15(17)18)21-7-16-13/h5-8H,1-4H3,(H,17,18). The summed E-state index contributed by atoms with van der Waals surface area (Å²) in [5.74, 6) is -0.0250. The van der Waals surface area contributed by atoms with Gasteiger partial charge in [0.25, 0.3) is 0 Å². The molecular weight excluding hydrogens is 274 g/mol. The molecule has 1 aromatic carbocycles. The number of hydrogen-bond acceptors (Lipinski definition) is 5. The van der Waals surface area contributed by atoms with Crippen LogP contribution in [0, 0.1) is 0 Å². The second-order valence-electron chi connectivity index (χ2n) is 4.78. The normalized spacial score (nSPS) is 10.7. The fourth-order valence-corrected chi connectivity index (χ4v) is 2.15. The minimum atomic E-state index is -1.17. The molecule has 0 amide bonds. The van der Waals surface area contributed by atoms with Gasteiger partial charge in [-0.25, -0.2) is 9.78 Å². The molecule has 1 N–H and O–H groups in total. The molecule has 112 valence electrons. The Kier molecular flexibility index (Phi) is 4.16. The molecule has 6 nitrogen and oxygen atoms in total. The van der Waals surface area contributed by atoms with Crippen molar-refractivity contribution in [3.63, 3.8) is 0 Å². The monoisotopic (exact) mass is 291 g/mol. The number of methoxy groups -OCH3 is 2. The zero-order valence-corrected chi connectivity index (χ0v) is 12.3. The van der Waals surface area contributed by atoms with Crippen LogP contribution < -0.4 is 9.47 Å². The fraction of sp³-hybridized carbons (Fsp3) is 0.333. The molecule has 0 fully saturated rings. The van der Waals surface area contributed by atoms with Gasteiger partial charge in [-0.15, -0.1) is 0 Å². The van der Waals surface area contributed by atoms with Crippen LogP contribution in [0.4, 0.5) is 0 Å². The Morgan fingerprint density at radius 1 is 1.24 bits per heavy atom. The van der Waals surface area contributed by atoms with E-state index >= 15 is 0 Å². The average molecular weight is 291 g/mol. The number of benzene rings is 1. The maximum absolute atomic E-state index is 11.2. The Balaban J connectivity index is 2.69. The van der Waals surface area contributed by atoms with E-state index < -0.39 is 5.97 Å². The van der Waals surface area contributed by atoms with Crippen LogP contribution in [0.3, 0.4) is 0 Å². The molecule has 2 rings (SSSR count). The van der Waals surface area contributed by atoms with E-state index in [1.165, 1.54) is 7.11 Å². The summed E-state index contributed by atoms with van der Waals surface area (Å²) in [7, 11) is 3.09. The summed E-state index contributed by atoms with van der Waals surface area (Å²) in [6.45, 7) is 4.05. The number of carboxylic acid groups (broad SMARTS) is 1. The van der Waals surface area contributed by atoms with Crippen LogP contribution in [-0.4, -0.2) is 30.3 Å². The highest BCUT2D eigenvalue weighted by molar-refractivity contribution is 5.92. The van der Waals surface area contributed by atoms with Crippen molar-refractivity contribution in [3.05, 3.63) is 29.9 Å². The first-order valence-corrected chi connectivity index (χ1v) is 6.42. The zero-order valence-electron chi connectivity index (χ0n) is 12.3. The van der Waals surface area contributed by atoms with Gasteiger partial charge in [0.2, 0.25) is 5.76 Å².